The molecule has 0 unspecified atom stereocenters. The summed E-state index contributed by atoms with van der Waals surface area (Å²) >= 11 is 3.14. The van der Waals surface area contributed by atoms with Crippen molar-refractivity contribution in [1.29, 1.82) is 0 Å². The normalized spacial score (nSPS) is 10.4. The molecule has 4 aromatic heterocycles. The number of anilines is 2. The van der Waals surface area contributed by atoms with Crippen LogP contribution in [-0.4, -0.2) is 42.0 Å². The number of rotatable bonds is 7. The summed E-state index contributed by atoms with van der Waals surface area (Å²) < 4.78 is 6.11. The van der Waals surface area contributed by atoms with Gasteiger partial charge in [0, 0.05) is 11.1 Å². The molecular formula is C18H20N8O3S2. The van der Waals surface area contributed by atoms with Gasteiger partial charge < -0.3 is 9.73 Å². The van der Waals surface area contributed by atoms with E-state index >= 15 is 0 Å². The first kappa shape index (κ1) is 22.2. The highest BCUT2D eigenvalue weighted by Crippen LogP contribution is 2.25. The molecule has 0 aliphatic rings. The van der Waals surface area contributed by atoms with Crippen molar-refractivity contribution in [3.05, 3.63) is 52.3 Å². The first-order chi connectivity index (χ1) is 15.0. The zero-order valence-corrected chi connectivity index (χ0v) is 18.4. The molecule has 2 N–H and O–H groups in total. The number of hydrogen-bond acceptors (Lipinski definition) is 10. The molecule has 11 nitrogen and oxygen atoms in total. The Morgan fingerprint density at radius 2 is 2.10 bits per heavy atom. The third kappa shape index (κ3) is 7.38. The van der Waals surface area contributed by atoms with E-state index in [1.807, 2.05) is 23.0 Å². The maximum atomic E-state index is 11.7. The van der Waals surface area contributed by atoms with Crippen LogP contribution in [0.5, 0.6) is 0 Å². The van der Waals surface area contributed by atoms with Crippen LogP contribution < -0.4 is 10.6 Å². The topological polar surface area (TPSA) is 141 Å². The molecule has 2 amide bonds. The SMILES string of the molecule is CC(C)c1cnc(NC(=O)Cc2ccsc2)s1.O=C(Cn1cnnn1)Nc1ncco1. The molecule has 0 atom stereocenters. The van der Waals surface area contributed by atoms with Crippen LogP contribution in [0.1, 0.15) is 30.2 Å². The number of tetrazole rings is 1. The second-order valence-electron chi connectivity index (χ2n) is 6.47. The fourth-order valence-corrected chi connectivity index (χ4v) is 3.70. The Kier molecular flexibility index (Phi) is 7.95. The fourth-order valence-electron chi connectivity index (χ4n) is 2.20. The van der Waals surface area contributed by atoms with Crippen molar-refractivity contribution in [2.45, 2.75) is 32.7 Å². The van der Waals surface area contributed by atoms with Crippen molar-refractivity contribution >= 4 is 45.6 Å². The molecule has 0 aromatic carbocycles. The van der Waals surface area contributed by atoms with E-state index in [1.165, 1.54) is 28.3 Å². The van der Waals surface area contributed by atoms with E-state index in [0.29, 0.717) is 17.5 Å². The van der Waals surface area contributed by atoms with Crippen LogP contribution in [0, 0.1) is 0 Å². The summed E-state index contributed by atoms with van der Waals surface area (Å²) in [6, 6.07) is 2.12. The van der Waals surface area contributed by atoms with Gasteiger partial charge in [-0.3, -0.25) is 14.9 Å². The van der Waals surface area contributed by atoms with Gasteiger partial charge in [-0.2, -0.15) is 11.3 Å². The summed E-state index contributed by atoms with van der Waals surface area (Å²) in [7, 11) is 0. The highest BCUT2D eigenvalue weighted by Gasteiger charge is 2.09. The summed E-state index contributed by atoms with van der Waals surface area (Å²) in [6.07, 6.45) is 6.39. The van der Waals surface area contributed by atoms with Crippen molar-refractivity contribution in [1.82, 2.24) is 30.2 Å². The Morgan fingerprint density at radius 3 is 2.71 bits per heavy atom. The van der Waals surface area contributed by atoms with Crippen LogP contribution in [0.2, 0.25) is 0 Å². The molecule has 4 heterocycles. The van der Waals surface area contributed by atoms with E-state index in [9.17, 15) is 9.59 Å². The molecule has 4 rings (SSSR count). The summed E-state index contributed by atoms with van der Waals surface area (Å²) in [5, 5.41) is 20.2. The predicted octanol–water partition coefficient (Wildman–Crippen LogP) is 2.81. The summed E-state index contributed by atoms with van der Waals surface area (Å²) in [5.41, 5.74) is 1.05. The van der Waals surface area contributed by atoms with Gasteiger partial charge in [-0.05, 0) is 38.7 Å². The van der Waals surface area contributed by atoms with E-state index < -0.39 is 0 Å². The second-order valence-corrected chi connectivity index (χ2v) is 8.31. The lowest BCUT2D eigenvalue weighted by atomic mass is 10.2. The zero-order chi connectivity index (χ0) is 22.1. The number of nitrogens with one attached hydrogen (secondary N) is 2. The van der Waals surface area contributed by atoms with Gasteiger partial charge in [0.25, 0.3) is 0 Å². The quantitative estimate of drug-likeness (QED) is 0.429. The molecular weight excluding hydrogens is 440 g/mol. The molecule has 0 saturated heterocycles. The lowest BCUT2D eigenvalue weighted by Gasteiger charge is -2.00. The number of thiazole rings is 1. The Hall–Kier alpha value is -3.45. The largest absolute Gasteiger partial charge is 0.432 e. The van der Waals surface area contributed by atoms with Gasteiger partial charge in [0.1, 0.15) is 19.1 Å². The van der Waals surface area contributed by atoms with E-state index in [-0.39, 0.29) is 24.4 Å². The number of thiophene rings is 1. The Labute approximate surface area is 185 Å². The first-order valence-corrected chi connectivity index (χ1v) is 10.9. The van der Waals surface area contributed by atoms with Crippen molar-refractivity contribution < 1.29 is 14.0 Å². The summed E-state index contributed by atoms with van der Waals surface area (Å²) in [6.45, 7) is 4.25. The lowest BCUT2D eigenvalue weighted by Crippen LogP contribution is -2.19. The smallest absolute Gasteiger partial charge is 0.301 e. The van der Waals surface area contributed by atoms with Gasteiger partial charge in [-0.15, -0.1) is 16.4 Å². The third-order valence-corrected chi connectivity index (χ3v) is 5.60. The van der Waals surface area contributed by atoms with E-state index in [4.69, 9.17) is 4.42 Å². The maximum absolute atomic E-state index is 11.7. The molecule has 0 aliphatic carbocycles. The standard InChI is InChI=1S/C12H14N2OS2.C6H6N6O2/c1-8(2)10-6-13-12(17-10)14-11(15)5-9-3-4-16-7-9;13-5(3-12-4-8-10-11-12)9-6-7-1-2-14-6/h3-4,6-8H,5H2,1-2H3,(H,13,14,15);1-2,4H,3H2,(H,7,9,13). The van der Waals surface area contributed by atoms with E-state index in [2.05, 4.69) is 50.0 Å². The van der Waals surface area contributed by atoms with Gasteiger partial charge in [0.2, 0.25) is 11.8 Å². The van der Waals surface area contributed by atoms with Crippen molar-refractivity contribution in [2.75, 3.05) is 10.6 Å². The highest BCUT2D eigenvalue weighted by atomic mass is 32.1. The molecule has 31 heavy (non-hydrogen) atoms. The molecule has 13 heteroatoms. The summed E-state index contributed by atoms with van der Waals surface area (Å²) in [4.78, 5) is 32.1. The molecule has 0 saturated carbocycles. The summed E-state index contributed by atoms with van der Waals surface area (Å²) in [5.74, 6) is 0.142. The number of nitrogens with zero attached hydrogens (tertiary/aromatic N) is 6. The van der Waals surface area contributed by atoms with E-state index in [1.54, 1.807) is 22.7 Å². The van der Waals surface area contributed by atoms with Gasteiger partial charge in [-0.25, -0.2) is 14.6 Å². The van der Waals surface area contributed by atoms with Gasteiger partial charge in [-0.1, -0.05) is 13.8 Å². The molecule has 0 radical (unpaired) electrons. The minimum atomic E-state index is -0.306. The second kappa shape index (κ2) is 11.1. The number of aromatic nitrogens is 6. The highest BCUT2D eigenvalue weighted by molar-refractivity contribution is 7.15. The molecule has 0 aliphatic heterocycles. The van der Waals surface area contributed by atoms with Crippen molar-refractivity contribution in [2.24, 2.45) is 0 Å². The Balaban J connectivity index is 0.000000179. The number of hydrogen-bond donors (Lipinski definition) is 2. The third-order valence-electron chi connectivity index (χ3n) is 3.66. The van der Waals surface area contributed by atoms with Crippen LogP contribution in [0.25, 0.3) is 0 Å². The Morgan fingerprint density at radius 1 is 1.23 bits per heavy atom. The van der Waals surface area contributed by atoms with Gasteiger partial charge in [0.05, 0.1) is 12.6 Å². The molecule has 162 valence electrons. The zero-order valence-electron chi connectivity index (χ0n) is 16.8. The predicted molar refractivity (Wildman–Crippen MR) is 116 cm³/mol. The minimum Gasteiger partial charge on any atom is -0.432 e. The monoisotopic (exact) mass is 460 g/mol. The van der Waals surface area contributed by atoms with Crippen LogP contribution in [0.4, 0.5) is 11.1 Å². The van der Waals surface area contributed by atoms with Gasteiger partial charge in [0.15, 0.2) is 5.13 Å². The van der Waals surface area contributed by atoms with Gasteiger partial charge >= 0.3 is 6.01 Å². The number of oxazole rings is 1. The molecule has 0 bridgehead atoms. The molecule has 4 aromatic rings. The van der Waals surface area contributed by atoms with Crippen molar-refractivity contribution in [3.8, 4) is 0 Å². The Bertz CT molecular complexity index is 1020. The van der Waals surface area contributed by atoms with Crippen LogP contribution in [-0.2, 0) is 22.6 Å². The number of carbonyl (C=O) groups excluding carboxylic acids is 2. The number of carbonyl (C=O) groups is 2. The van der Waals surface area contributed by atoms with Crippen LogP contribution >= 0.6 is 22.7 Å². The molecule has 0 fully saturated rings. The van der Waals surface area contributed by atoms with Crippen LogP contribution in [0.3, 0.4) is 0 Å². The van der Waals surface area contributed by atoms with Crippen LogP contribution in [0.15, 0.2) is 46.2 Å². The lowest BCUT2D eigenvalue weighted by molar-refractivity contribution is -0.117. The average molecular weight is 461 g/mol. The van der Waals surface area contributed by atoms with Crippen molar-refractivity contribution in [3.63, 3.8) is 0 Å². The first-order valence-electron chi connectivity index (χ1n) is 9.16. The molecule has 0 spiro atoms. The average Bonchev–Trinajstić information content (AvgIpc) is 3.51. The fraction of sp³-hybridized carbons (Fsp3) is 0.278. The minimum absolute atomic E-state index is 0.00643. The number of amides is 2. The van der Waals surface area contributed by atoms with E-state index in [0.717, 1.165) is 5.56 Å². The maximum Gasteiger partial charge on any atom is 0.301 e.